The monoisotopic (exact) mass is 729 g/mol. The number of carbonyl (C=O) groups excluding carboxylic acids is 1. The second-order valence-corrected chi connectivity index (χ2v) is 15.5. The third-order valence-corrected chi connectivity index (χ3v) is 10.4. The molecule has 2 unspecified atom stereocenters. The summed E-state index contributed by atoms with van der Waals surface area (Å²) < 4.78 is 34.9. The van der Waals surface area contributed by atoms with Gasteiger partial charge in [-0.3, -0.25) is 9.36 Å². The zero-order valence-electron chi connectivity index (χ0n) is 32.4. The van der Waals surface area contributed by atoms with Crippen molar-refractivity contribution in [3.63, 3.8) is 0 Å². The molecule has 0 aliphatic carbocycles. The van der Waals surface area contributed by atoms with Crippen molar-refractivity contribution >= 4 is 13.6 Å². The molecule has 1 heterocycles. The molecule has 1 aliphatic heterocycles. The number of rotatable bonds is 34. The van der Waals surface area contributed by atoms with E-state index < -0.39 is 13.7 Å². The minimum Gasteiger partial charge on any atom is -0.498 e. The van der Waals surface area contributed by atoms with Gasteiger partial charge in [0.1, 0.15) is 6.61 Å². The van der Waals surface area contributed by atoms with Gasteiger partial charge in [-0.05, 0) is 70.3 Å². The van der Waals surface area contributed by atoms with Crippen molar-refractivity contribution < 1.29 is 27.9 Å². The molecule has 7 heteroatoms. The van der Waals surface area contributed by atoms with Crippen molar-refractivity contribution in [3.05, 3.63) is 85.3 Å². The number of hydrogen-bond acceptors (Lipinski definition) is 6. The normalized spacial score (nSPS) is 17.6. The summed E-state index contributed by atoms with van der Waals surface area (Å²) in [5.74, 6) is -0.321. The van der Waals surface area contributed by atoms with E-state index in [1.54, 1.807) is 6.26 Å². The summed E-state index contributed by atoms with van der Waals surface area (Å²) in [7, 11) is -3.09. The Morgan fingerprint density at radius 2 is 1.14 bits per heavy atom. The van der Waals surface area contributed by atoms with Crippen LogP contribution < -0.4 is 0 Å². The molecular formula is C44H73O6P. The van der Waals surface area contributed by atoms with Gasteiger partial charge in [0.2, 0.25) is 0 Å². The molecule has 0 radical (unpaired) electrons. The Hall–Kier alpha value is -2.40. The van der Waals surface area contributed by atoms with E-state index in [1.165, 1.54) is 70.6 Å². The van der Waals surface area contributed by atoms with Gasteiger partial charge in [-0.25, -0.2) is 0 Å². The number of hydrogen-bond donors (Lipinski definition) is 0. The minimum absolute atomic E-state index is 0.00446. The van der Waals surface area contributed by atoms with Gasteiger partial charge in [0.05, 0.1) is 25.6 Å². The Bertz CT molecular complexity index is 1060. The lowest BCUT2D eigenvalue weighted by molar-refractivity contribution is -0.153. The van der Waals surface area contributed by atoms with Gasteiger partial charge >= 0.3 is 13.6 Å². The molecule has 0 spiro atoms. The lowest BCUT2D eigenvalue weighted by atomic mass is 10.0. The minimum atomic E-state index is -3.09. The molecule has 2 atom stereocenters. The largest absolute Gasteiger partial charge is 0.498 e. The van der Waals surface area contributed by atoms with Crippen LogP contribution in [0.25, 0.3) is 0 Å². The van der Waals surface area contributed by atoms with Crippen LogP contribution in [0.2, 0.25) is 0 Å². The van der Waals surface area contributed by atoms with Crippen molar-refractivity contribution in [2.75, 3.05) is 26.0 Å². The van der Waals surface area contributed by atoms with Crippen LogP contribution in [-0.4, -0.2) is 38.1 Å². The molecule has 1 fully saturated rings. The number of ether oxygens (including phenoxy) is 2. The second-order valence-electron chi connectivity index (χ2n) is 13.3. The van der Waals surface area contributed by atoms with Crippen LogP contribution in [0.4, 0.5) is 0 Å². The molecule has 0 bridgehead atoms. The highest BCUT2D eigenvalue weighted by atomic mass is 31.2. The fourth-order valence-electron chi connectivity index (χ4n) is 5.43. The maximum Gasteiger partial charge on any atom is 0.330 e. The quantitative estimate of drug-likeness (QED) is 0.0216. The van der Waals surface area contributed by atoms with E-state index >= 15 is 0 Å². The van der Waals surface area contributed by atoms with E-state index in [-0.39, 0.29) is 25.6 Å². The van der Waals surface area contributed by atoms with Crippen molar-refractivity contribution in [2.45, 2.75) is 161 Å². The summed E-state index contributed by atoms with van der Waals surface area (Å²) in [5, 5.41) is 0. The summed E-state index contributed by atoms with van der Waals surface area (Å²) in [4.78, 5) is 12.6. The Labute approximate surface area is 313 Å². The maximum atomic E-state index is 12.6. The Kier molecular flexibility index (Phi) is 32.9. The first kappa shape index (κ1) is 46.6. The van der Waals surface area contributed by atoms with Crippen LogP contribution in [0.5, 0.6) is 0 Å². The van der Waals surface area contributed by atoms with Crippen LogP contribution in [-0.2, 0) is 27.9 Å². The number of carbonyl (C=O) groups is 1. The topological polar surface area (TPSA) is 71.1 Å². The molecule has 0 saturated carbocycles. The number of unbranched alkanes of at least 4 members (excludes halogenated alkanes) is 12. The first-order valence-corrected chi connectivity index (χ1v) is 22.1. The molecular weight excluding hydrogens is 655 g/mol. The summed E-state index contributed by atoms with van der Waals surface area (Å²) in [6.07, 6.45) is 53.8. The van der Waals surface area contributed by atoms with Crippen LogP contribution in [0.15, 0.2) is 85.3 Å². The molecule has 0 aromatic heterocycles. The summed E-state index contributed by atoms with van der Waals surface area (Å²) >= 11 is 0. The van der Waals surface area contributed by atoms with Crippen LogP contribution in [0, 0.1) is 0 Å². The third kappa shape index (κ3) is 32.0. The number of esters is 1. The average molecular weight is 729 g/mol. The van der Waals surface area contributed by atoms with Gasteiger partial charge < -0.3 is 18.5 Å². The van der Waals surface area contributed by atoms with Crippen LogP contribution >= 0.6 is 7.60 Å². The van der Waals surface area contributed by atoms with E-state index in [4.69, 9.17) is 18.5 Å². The Morgan fingerprint density at radius 3 is 1.65 bits per heavy atom. The zero-order valence-corrected chi connectivity index (χ0v) is 33.3. The van der Waals surface area contributed by atoms with E-state index in [2.05, 4.69) is 80.7 Å². The lowest BCUT2D eigenvalue weighted by Crippen LogP contribution is -2.27. The van der Waals surface area contributed by atoms with Crippen molar-refractivity contribution in [1.29, 1.82) is 0 Å². The summed E-state index contributed by atoms with van der Waals surface area (Å²) in [6.45, 7) is 5.00. The first-order valence-electron chi connectivity index (χ1n) is 20.3. The highest BCUT2D eigenvalue weighted by Crippen LogP contribution is 2.52. The highest BCUT2D eigenvalue weighted by molar-refractivity contribution is 7.54. The van der Waals surface area contributed by atoms with Crippen molar-refractivity contribution in [1.82, 2.24) is 0 Å². The molecule has 290 valence electrons. The standard InChI is InChI=1S/C44H73O6P/c1-3-5-7-9-11-13-15-17-19-20-21-22-23-24-26-28-30-32-34-37-44(45)50-43(42-49-51(46)40-36-39-48-51)41-47-38-35-33-31-29-27-25-18-16-14-12-10-8-6-4-2/h5,7,11,13,17,19,21-22,24,26,30,32,35,38,43H,3-4,6,8-10,12,14-16,18,20,23,25,27-29,31,33-34,36-37,39-42H2,1-2H3/b7-5-,13-11-,19-17-,22-21-,26-24-,32-30-,38-35-. The SMILES string of the molecule is CC/C=C\C/C=C\C/C=C\C/C=C\C/C=C\C/C=C\CCC(=O)OC(CO/C=C\CCCCCCCCCCCCCC)COP1(=O)CCCO1. The molecule has 0 aromatic carbocycles. The Morgan fingerprint density at radius 1 is 0.627 bits per heavy atom. The number of allylic oxidation sites excluding steroid dienone is 13. The van der Waals surface area contributed by atoms with Gasteiger partial charge in [-0.2, -0.15) is 0 Å². The predicted molar refractivity (Wildman–Crippen MR) is 217 cm³/mol. The van der Waals surface area contributed by atoms with E-state index in [9.17, 15) is 9.36 Å². The first-order chi connectivity index (χ1) is 25.1. The van der Waals surface area contributed by atoms with E-state index in [1.807, 2.05) is 12.2 Å². The average Bonchev–Trinajstić information content (AvgIpc) is 3.57. The molecule has 0 amide bonds. The molecule has 0 aromatic rings. The van der Waals surface area contributed by atoms with Gasteiger partial charge in [-0.15, -0.1) is 0 Å². The van der Waals surface area contributed by atoms with Crippen molar-refractivity contribution in [3.8, 4) is 0 Å². The zero-order chi connectivity index (χ0) is 36.8. The fraction of sp³-hybridized carbons (Fsp3) is 0.659. The van der Waals surface area contributed by atoms with Crippen molar-refractivity contribution in [2.24, 2.45) is 0 Å². The molecule has 1 rings (SSSR count). The second kappa shape index (κ2) is 36.0. The van der Waals surface area contributed by atoms with Crippen LogP contribution in [0.3, 0.4) is 0 Å². The van der Waals surface area contributed by atoms with E-state index in [0.29, 0.717) is 25.6 Å². The fourth-order valence-corrected chi connectivity index (χ4v) is 7.08. The molecule has 1 saturated heterocycles. The van der Waals surface area contributed by atoms with Gasteiger partial charge in [-0.1, -0.05) is 157 Å². The van der Waals surface area contributed by atoms with Gasteiger partial charge in [0.15, 0.2) is 6.10 Å². The Balaban J connectivity index is 2.20. The predicted octanol–water partition coefficient (Wildman–Crippen LogP) is 13.6. The maximum absolute atomic E-state index is 12.6. The summed E-state index contributed by atoms with van der Waals surface area (Å²) in [5.41, 5.74) is 0. The smallest absolute Gasteiger partial charge is 0.330 e. The van der Waals surface area contributed by atoms with Gasteiger partial charge in [0.25, 0.3) is 0 Å². The van der Waals surface area contributed by atoms with Gasteiger partial charge in [0, 0.05) is 6.42 Å². The lowest BCUT2D eigenvalue weighted by Gasteiger charge is -2.19. The molecule has 0 N–H and O–H groups in total. The highest BCUT2D eigenvalue weighted by Gasteiger charge is 2.31. The third-order valence-electron chi connectivity index (χ3n) is 8.43. The summed E-state index contributed by atoms with van der Waals surface area (Å²) in [6, 6.07) is 0. The molecule has 1 aliphatic rings. The van der Waals surface area contributed by atoms with E-state index in [0.717, 1.165) is 51.4 Å². The van der Waals surface area contributed by atoms with Crippen LogP contribution in [0.1, 0.15) is 155 Å². The molecule has 6 nitrogen and oxygen atoms in total. The molecule has 51 heavy (non-hydrogen) atoms.